The van der Waals surface area contributed by atoms with Crippen LogP contribution in [-0.4, -0.2) is 28.9 Å². The van der Waals surface area contributed by atoms with E-state index in [0.717, 1.165) is 31.7 Å². The number of aromatic nitrogens is 1. The van der Waals surface area contributed by atoms with Gasteiger partial charge in [-0.3, -0.25) is 9.69 Å². The molecule has 1 saturated heterocycles. The molecule has 0 bridgehead atoms. The van der Waals surface area contributed by atoms with Crippen LogP contribution in [0.1, 0.15) is 54.3 Å². The van der Waals surface area contributed by atoms with Gasteiger partial charge in [-0.2, -0.15) is 0 Å². The number of carbonyl (C=O) groups excluding carboxylic acids is 1. The molecular formula is C20H27N3OS. The van der Waals surface area contributed by atoms with Crippen LogP contribution in [0.4, 0.5) is 0 Å². The summed E-state index contributed by atoms with van der Waals surface area (Å²) < 4.78 is 0. The van der Waals surface area contributed by atoms with Crippen molar-refractivity contribution in [3.8, 4) is 0 Å². The summed E-state index contributed by atoms with van der Waals surface area (Å²) in [6, 6.07) is 10.6. The maximum absolute atomic E-state index is 12.5. The van der Waals surface area contributed by atoms with E-state index in [1.54, 1.807) is 11.3 Å². The molecule has 0 aliphatic carbocycles. The molecular weight excluding hydrogens is 330 g/mol. The fourth-order valence-electron chi connectivity index (χ4n) is 3.41. The first-order valence-corrected chi connectivity index (χ1v) is 10.1. The molecule has 1 atom stereocenters. The van der Waals surface area contributed by atoms with Crippen LogP contribution in [0.2, 0.25) is 0 Å². The molecule has 1 amide bonds. The minimum absolute atomic E-state index is 0.112. The molecule has 0 saturated carbocycles. The topological polar surface area (TPSA) is 45.2 Å². The van der Waals surface area contributed by atoms with Crippen LogP contribution in [0, 0.1) is 6.92 Å². The molecule has 1 fully saturated rings. The molecule has 25 heavy (non-hydrogen) atoms. The van der Waals surface area contributed by atoms with Crippen LogP contribution in [0.25, 0.3) is 0 Å². The Kier molecular flexibility index (Phi) is 6.59. The number of nitrogens with one attached hydrogen (secondary N) is 1. The molecule has 1 aliphatic heterocycles. The van der Waals surface area contributed by atoms with Crippen molar-refractivity contribution in [1.82, 2.24) is 15.2 Å². The van der Waals surface area contributed by atoms with Crippen molar-refractivity contribution in [3.05, 3.63) is 52.0 Å². The van der Waals surface area contributed by atoms with Gasteiger partial charge in [-0.1, -0.05) is 43.2 Å². The van der Waals surface area contributed by atoms with Crippen molar-refractivity contribution in [2.75, 3.05) is 13.1 Å². The highest BCUT2D eigenvalue weighted by molar-refractivity contribution is 7.09. The van der Waals surface area contributed by atoms with Crippen molar-refractivity contribution in [2.45, 2.75) is 51.6 Å². The van der Waals surface area contributed by atoms with E-state index in [4.69, 9.17) is 0 Å². The van der Waals surface area contributed by atoms with Crippen LogP contribution in [-0.2, 0) is 11.3 Å². The molecule has 1 unspecified atom stereocenters. The van der Waals surface area contributed by atoms with E-state index in [2.05, 4.69) is 46.4 Å². The normalized spacial score (nSPS) is 20.7. The van der Waals surface area contributed by atoms with Crippen LogP contribution < -0.4 is 5.32 Å². The first-order valence-electron chi connectivity index (χ1n) is 9.18. The monoisotopic (exact) mass is 357 g/mol. The molecule has 0 spiro atoms. The maximum atomic E-state index is 12.5. The molecule has 0 radical (unpaired) electrons. The largest absolute Gasteiger partial charge is 0.356 e. The van der Waals surface area contributed by atoms with E-state index in [0.29, 0.717) is 6.42 Å². The highest BCUT2D eigenvalue weighted by Crippen LogP contribution is 2.29. The van der Waals surface area contributed by atoms with Crippen LogP contribution in [0.5, 0.6) is 0 Å². The van der Waals surface area contributed by atoms with E-state index in [1.165, 1.54) is 29.7 Å². The van der Waals surface area contributed by atoms with Crippen molar-refractivity contribution in [1.29, 1.82) is 0 Å². The lowest BCUT2D eigenvalue weighted by Gasteiger charge is -2.31. The zero-order valence-electron chi connectivity index (χ0n) is 14.9. The van der Waals surface area contributed by atoms with Crippen LogP contribution in [0.15, 0.2) is 35.8 Å². The Bertz CT molecular complexity index is 671. The Morgan fingerprint density at radius 3 is 2.76 bits per heavy atom. The van der Waals surface area contributed by atoms with Crippen LogP contribution >= 0.6 is 11.3 Å². The summed E-state index contributed by atoms with van der Waals surface area (Å²) in [5.74, 6) is 0.154. The Labute approximate surface area is 154 Å². The molecule has 1 aliphatic rings. The second-order valence-electron chi connectivity index (χ2n) is 6.73. The Balaban J connectivity index is 1.87. The fourth-order valence-corrected chi connectivity index (χ4v) is 4.21. The summed E-state index contributed by atoms with van der Waals surface area (Å²) in [6.07, 6.45) is 5.17. The minimum atomic E-state index is 0.112. The average molecular weight is 358 g/mol. The Morgan fingerprint density at radius 1 is 1.20 bits per heavy atom. The van der Waals surface area contributed by atoms with Gasteiger partial charge >= 0.3 is 0 Å². The van der Waals surface area contributed by atoms with Gasteiger partial charge < -0.3 is 5.32 Å². The molecule has 2 aromatic rings. The SMILES string of the molecule is Cc1ncsc1CN1CCCCCCNC(=O)CC1c1ccccc1. The van der Waals surface area contributed by atoms with Crippen molar-refractivity contribution in [2.24, 2.45) is 0 Å². The second kappa shape index (κ2) is 9.11. The third-order valence-electron chi connectivity index (χ3n) is 4.89. The number of amides is 1. The maximum Gasteiger partial charge on any atom is 0.221 e. The summed E-state index contributed by atoms with van der Waals surface area (Å²) in [6.45, 7) is 4.75. The number of nitrogens with zero attached hydrogens (tertiary/aromatic N) is 2. The lowest BCUT2D eigenvalue weighted by atomic mass is 10.0. The lowest BCUT2D eigenvalue weighted by molar-refractivity contribution is -0.122. The number of hydrogen-bond donors (Lipinski definition) is 1. The van der Waals surface area contributed by atoms with Gasteiger partial charge in [-0.25, -0.2) is 4.98 Å². The number of benzene rings is 1. The molecule has 3 rings (SSSR count). The van der Waals surface area contributed by atoms with E-state index >= 15 is 0 Å². The number of carbonyl (C=O) groups is 1. The zero-order valence-corrected chi connectivity index (χ0v) is 15.7. The van der Waals surface area contributed by atoms with Gasteiger partial charge in [0.15, 0.2) is 0 Å². The highest BCUT2D eigenvalue weighted by Gasteiger charge is 2.24. The predicted molar refractivity (Wildman–Crippen MR) is 103 cm³/mol. The third kappa shape index (κ3) is 5.13. The smallest absolute Gasteiger partial charge is 0.221 e. The molecule has 4 nitrogen and oxygen atoms in total. The Morgan fingerprint density at radius 2 is 2.00 bits per heavy atom. The number of hydrogen-bond acceptors (Lipinski definition) is 4. The average Bonchev–Trinajstić information content (AvgIpc) is 3.01. The van der Waals surface area contributed by atoms with E-state index < -0.39 is 0 Å². The van der Waals surface area contributed by atoms with Gasteiger partial charge in [0.2, 0.25) is 5.91 Å². The van der Waals surface area contributed by atoms with E-state index in [1.807, 2.05) is 11.6 Å². The lowest BCUT2D eigenvalue weighted by Crippen LogP contribution is -2.34. The van der Waals surface area contributed by atoms with Gasteiger partial charge in [0.25, 0.3) is 0 Å². The number of rotatable bonds is 3. The molecule has 1 aromatic carbocycles. The van der Waals surface area contributed by atoms with Gasteiger partial charge in [-0.15, -0.1) is 11.3 Å². The van der Waals surface area contributed by atoms with Gasteiger partial charge in [0.1, 0.15) is 0 Å². The molecule has 1 aromatic heterocycles. The zero-order chi connectivity index (χ0) is 17.5. The van der Waals surface area contributed by atoms with E-state index in [-0.39, 0.29) is 11.9 Å². The van der Waals surface area contributed by atoms with E-state index in [9.17, 15) is 4.79 Å². The summed E-state index contributed by atoms with van der Waals surface area (Å²) >= 11 is 1.71. The predicted octanol–water partition coefficient (Wildman–Crippen LogP) is 4.08. The number of thiazole rings is 1. The van der Waals surface area contributed by atoms with Crippen molar-refractivity contribution in [3.63, 3.8) is 0 Å². The molecule has 2 heterocycles. The first kappa shape index (κ1) is 18.1. The standard InChI is InChI=1S/C20H27N3OS/c1-16-19(25-15-22-16)14-23-12-8-3-2-7-11-21-20(24)13-18(23)17-9-5-4-6-10-17/h4-6,9-10,15,18H,2-3,7-8,11-14H2,1H3,(H,21,24). The molecule has 1 N–H and O–H groups in total. The summed E-state index contributed by atoms with van der Waals surface area (Å²) in [5, 5.41) is 3.10. The van der Waals surface area contributed by atoms with Crippen molar-refractivity contribution < 1.29 is 4.79 Å². The number of aryl methyl sites for hydroxylation is 1. The van der Waals surface area contributed by atoms with Crippen LogP contribution in [0.3, 0.4) is 0 Å². The Hall–Kier alpha value is -1.72. The summed E-state index contributed by atoms with van der Waals surface area (Å²) in [4.78, 5) is 20.6. The first-order chi connectivity index (χ1) is 12.2. The molecule has 134 valence electrons. The van der Waals surface area contributed by atoms with Gasteiger partial charge in [0.05, 0.1) is 11.2 Å². The minimum Gasteiger partial charge on any atom is -0.356 e. The quantitative estimate of drug-likeness (QED) is 0.900. The van der Waals surface area contributed by atoms with Gasteiger partial charge in [0, 0.05) is 30.4 Å². The summed E-state index contributed by atoms with van der Waals surface area (Å²) in [5.41, 5.74) is 4.25. The van der Waals surface area contributed by atoms with Gasteiger partial charge in [-0.05, 0) is 31.9 Å². The third-order valence-corrected chi connectivity index (χ3v) is 5.81. The summed E-state index contributed by atoms with van der Waals surface area (Å²) in [7, 11) is 0. The second-order valence-corrected chi connectivity index (χ2v) is 7.67. The fraction of sp³-hybridized carbons (Fsp3) is 0.500. The molecule has 5 heteroatoms. The highest BCUT2D eigenvalue weighted by atomic mass is 32.1. The van der Waals surface area contributed by atoms with Crippen molar-refractivity contribution >= 4 is 17.2 Å².